The highest BCUT2D eigenvalue weighted by atomic mass is 16.6. The van der Waals surface area contributed by atoms with Gasteiger partial charge in [-0.15, -0.1) is 0 Å². The summed E-state index contributed by atoms with van der Waals surface area (Å²) in [6.07, 6.45) is 9.03. The van der Waals surface area contributed by atoms with Crippen molar-refractivity contribution in [2.45, 2.75) is 70.4 Å². The van der Waals surface area contributed by atoms with E-state index in [0.717, 1.165) is 11.8 Å². The van der Waals surface area contributed by atoms with Crippen LogP contribution in [0, 0.1) is 11.8 Å². The van der Waals surface area contributed by atoms with Crippen LogP contribution in [0.1, 0.15) is 46.0 Å². The van der Waals surface area contributed by atoms with Gasteiger partial charge in [0.05, 0.1) is 24.4 Å². The van der Waals surface area contributed by atoms with E-state index in [1.54, 1.807) is 0 Å². The third-order valence-corrected chi connectivity index (χ3v) is 4.61. The Kier molecular flexibility index (Phi) is 2.52. The molecule has 3 fully saturated rings. The van der Waals surface area contributed by atoms with E-state index in [0.29, 0.717) is 24.4 Å². The van der Waals surface area contributed by atoms with Gasteiger partial charge in [0.15, 0.2) is 0 Å². The van der Waals surface area contributed by atoms with Crippen LogP contribution in [0.3, 0.4) is 0 Å². The van der Waals surface area contributed by atoms with Crippen LogP contribution in [0.25, 0.3) is 0 Å². The lowest BCUT2D eigenvalue weighted by molar-refractivity contribution is 0.223. The second-order valence-electron chi connectivity index (χ2n) is 5.57. The topological polar surface area (TPSA) is 25.1 Å². The minimum Gasteiger partial charge on any atom is -0.370 e. The number of hydrogen-bond acceptors (Lipinski definition) is 2. The Morgan fingerprint density at radius 1 is 1.20 bits per heavy atom. The molecular weight excluding hydrogens is 188 g/mol. The summed E-state index contributed by atoms with van der Waals surface area (Å²) in [5, 5.41) is 0. The molecule has 1 saturated carbocycles. The van der Waals surface area contributed by atoms with Gasteiger partial charge in [0.25, 0.3) is 0 Å². The van der Waals surface area contributed by atoms with Crippen molar-refractivity contribution < 1.29 is 9.47 Å². The summed E-state index contributed by atoms with van der Waals surface area (Å²) >= 11 is 0. The van der Waals surface area contributed by atoms with Crippen molar-refractivity contribution in [3.05, 3.63) is 0 Å². The molecule has 86 valence electrons. The molecule has 2 aliphatic heterocycles. The molecule has 0 spiro atoms. The minimum absolute atomic E-state index is 0.535. The molecule has 0 aromatic heterocycles. The maximum atomic E-state index is 5.61. The Labute approximate surface area is 92.3 Å². The largest absolute Gasteiger partial charge is 0.370 e. The van der Waals surface area contributed by atoms with Crippen LogP contribution >= 0.6 is 0 Å². The van der Waals surface area contributed by atoms with E-state index < -0.39 is 0 Å². The van der Waals surface area contributed by atoms with E-state index in [9.17, 15) is 0 Å². The monoisotopic (exact) mass is 210 g/mol. The van der Waals surface area contributed by atoms with Crippen molar-refractivity contribution in [2.24, 2.45) is 11.8 Å². The van der Waals surface area contributed by atoms with Gasteiger partial charge in [-0.3, -0.25) is 0 Å². The zero-order valence-electron chi connectivity index (χ0n) is 9.82. The molecule has 6 atom stereocenters. The minimum atomic E-state index is 0.535. The van der Waals surface area contributed by atoms with E-state index in [1.807, 2.05) is 0 Å². The highest BCUT2D eigenvalue weighted by molar-refractivity contribution is 4.95. The fourth-order valence-electron chi connectivity index (χ4n) is 3.33. The molecule has 3 aliphatic rings. The van der Waals surface area contributed by atoms with Crippen molar-refractivity contribution in [1.82, 2.24) is 0 Å². The molecule has 3 rings (SSSR count). The number of epoxide rings is 2. The van der Waals surface area contributed by atoms with Crippen LogP contribution in [0.15, 0.2) is 0 Å². The first-order chi connectivity index (χ1) is 7.28. The van der Waals surface area contributed by atoms with Gasteiger partial charge in [-0.1, -0.05) is 13.3 Å². The van der Waals surface area contributed by atoms with Gasteiger partial charge < -0.3 is 9.47 Å². The van der Waals surface area contributed by atoms with Gasteiger partial charge >= 0.3 is 0 Å². The Morgan fingerprint density at radius 3 is 2.60 bits per heavy atom. The van der Waals surface area contributed by atoms with Crippen LogP contribution in [0.5, 0.6) is 0 Å². The predicted molar refractivity (Wildman–Crippen MR) is 58.7 cm³/mol. The maximum Gasteiger partial charge on any atom is 0.0844 e. The lowest BCUT2D eigenvalue weighted by Crippen LogP contribution is -2.23. The summed E-state index contributed by atoms with van der Waals surface area (Å²) in [4.78, 5) is 0. The van der Waals surface area contributed by atoms with Crippen molar-refractivity contribution in [3.63, 3.8) is 0 Å². The van der Waals surface area contributed by atoms with Crippen molar-refractivity contribution >= 4 is 0 Å². The molecule has 0 bridgehead atoms. The molecule has 0 amide bonds. The molecule has 2 heteroatoms. The molecule has 15 heavy (non-hydrogen) atoms. The molecule has 2 heterocycles. The number of hydrogen-bond donors (Lipinski definition) is 0. The van der Waals surface area contributed by atoms with Crippen LogP contribution in [0.2, 0.25) is 0 Å². The lowest BCUT2D eigenvalue weighted by atomic mass is 9.77. The number of rotatable bonds is 4. The first-order valence-corrected chi connectivity index (χ1v) is 6.59. The first kappa shape index (κ1) is 10.1. The Hall–Kier alpha value is -0.0800. The van der Waals surface area contributed by atoms with E-state index >= 15 is 0 Å². The van der Waals surface area contributed by atoms with Gasteiger partial charge in [-0.2, -0.15) is 0 Å². The van der Waals surface area contributed by atoms with E-state index in [2.05, 4.69) is 13.8 Å². The molecule has 0 radical (unpaired) electrons. The lowest BCUT2D eigenvalue weighted by Gasteiger charge is -2.27. The normalized spacial score (nSPS) is 49.6. The molecular formula is C13H22O2. The predicted octanol–water partition coefficient (Wildman–Crippen LogP) is 2.76. The fourth-order valence-corrected chi connectivity index (χ4v) is 3.33. The van der Waals surface area contributed by atoms with Crippen LogP contribution in [-0.2, 0) is 9.47 Å². The van der Waals surface area contributed by atoms with Gasteiger partial charge in [0, 0.05) is 0 Å². The Bertz CT molecular complexity index is 241. The molecule has 0 aromatic carbocycles. The van der Waals surface area contributed by atoms with Gasteiger partial charge in [0.2, 0.25) is 0 Å². The molecule has 2 nitrogen and oxygen atoms in total. The summed E-state index contributed by atoms with van der Waals surface area (Å²) in [5.41, 5.74) is 0. The van der Waals surface area contributed by atoms with Crippen LogP contribution < -0.4 is 0 Å². The number of ether oxygens (including phenoxy) is 2. The summed E-state index contributed by atoms with van der Waals surface area (Å²) in [6.45, 7) is 4.52. The zero-order valence-corrected chi connectivity index (χ0v) is 9.82. The molecule has 2 saturated heterocycles. The summed E-state index contributed by atoms with van der Waals surface area (Å²) < 4.78 is 11.2. The quantitative estimate of drug-likeness (QED) is 0.667. The van der Waals surface area contributed by atoms with Crippen LogP contribution in [0.4, 0.5) is 0 Å². The zero-order chi connectivity index (χ0) is 10.4. The first-order valence-electron chi connectivity index (χ1n) is 6.59. The van der Waals surface area contributed by atoms with Crippen molar-refractivity contribution in [1.29, 1.82) is 0 Å². The average molecular weight is 210 g/mol. The van der Waals surface area contributed by atoms with Gasteiger partial charge in [-0.25, -0.2) is 0 Å². The van der Waals surface area contributed by atoms with Gasteiger partial charge in [-0.05, 0) is 44.4 Å². The van der Waals surface area contributed by atoms with Crippen molar-refractivity contribution in [2.75, 3.05) is 0 Å². The molecule has 0 N–H and O–H groups in total. The van der Waals surface area contributed by atoms with Crippen molar-refractivity contribution in [3.8, 4) is 0 Å². The third kappa shape index (κ3) is 2.07. The smallest absolute Gasteiger partial charge is 0.0844 e. The second kappa shape index (κ2) is 3.74. The molecule has 0 aromatic rings. The van der Waals surface area contributed by atoms with E-state index in [4.69, 9.17) is 9.47 Å². The summed E-state index contributed by atoms with van der Waals surface area (Å²) in [6, 6.07) is 0. The average Bonchev–Trinajstić information content (AvgIpc) is 3.11. The highest BCUT2D eigenvalue weighted by Crippen LogP contribution is 2.45. The number of fused-ring (bicyclic) bond motifs is 1. The van der Waals surface area contributed by atoms with E-state index in [1.165, 1.54) is 32.1 Å². The SMILES string of the molecule is CCC(CC1OC1C)C1CCC2OC2C1. The van der Waals surface area contributed by atoms with Gasteiger partial charge in [0.1, 0.15) is 0 Å². The maximum absolute atomic E-state index is 5.61. The molecule has 6 unspecified atom stereocenters. The van der Waals surface area contributed by atoms with E-state index in [-0.39, 0.29) is 0 Å². The Balaban J connectivity index is 1.53. The second-order valence-corrected chi connectivity index (χ2v) is 5.57. The van der Waals surface area contributed by atoms with Crippen LogP contribution in [-0.4, -0.2) is 24.4 Å². The fraction of sp³-hybridized carbons (Fsp3) is 1.00. The highest BCUT2D eigenvalue weighted by Gasteiger charge is 2.46. The standard InChI is InChI=1S/C13H22O2/c1-3-9(6-12-8(2)14-12)10-4-5-11-13(7-10)15-11/h8-13H,3-7H2,1-2H3. The summed E-state index contributed by atoms with van der Waals surface area (Å²) in [5.74, 6) is 1.79. The third-order valence-electron chi connectivity index (χ3n) is 4.61. The molecule has 1 aliphatic carbocycles. The summed E-state index contributed by atoms with van der Waals surface area (Å²) in [7, 11) is 0. The Morgan fingerprint density at radius 2 is 2.00 bits per heavy atom.